The molecule has 1 fully saturated rings. The fourth-order valence-corrected chi connectivity index (χ4v) is 10.4. The van der Waals surface area contributed by atoms with Crippen molar-refractivity contribution in [3.63, 3.8) is 0 Å². The number of aldehydes is 1. The Morgan fingerprint density at radius 3 is 2.40 bits per heavy atom. The van der Waals surface area contributed by atoms with E-state index in [9.17, 15) is 29.9 Å². The minimum atomic E-state index is -1.60. The minimum Gasteiger partial charge on any atom is -0.496 e. The molecular formula is C53H59N3O14. The van der Waals surface area contributed by atoms with E-state index in [0.717, 1.165) is 29.5 Å². The van der Waals surface area contributed by atoms with E-state index < -0.39 is 28.8 Å². The molecule has 0 spiro atoms. The largest absolute Gasteiger partial charge is 0.496 e. The van der Waals surface area contributed by atoms with Gasteiger partial charge >= 0.3 is 6.09 Å². The number of ether oxygens (including phenoxy) is 7. The minimum absolute atomic E-state index is 0.00858. The van der Waals surface area contributed by atoms with Crippen LogP contribution in [-0.2, 0) is 27.5 Å². The second-order valence-electron chi connectivity index (χ2n) is 17.6. The molecular weight excluding hydrogens is 903 g/mol. The lowest BCUT2D eigenvalue weighted by Gasteiger charge is -2.59. The van der Waals surface area contributed by atoms with Crippen LogP contribution in [0.4, 0.5) is 10.5 Å². The number of nitro groups is 1. The van der Waals surface area contributed by atoms with Crippen LogP contribution in [0.25, 0.3) is 0 Å². The predicted molar refractivity (Wildman–Crippen MR) is 256 cm³/mol. The van der Waals surface area contributed by atoms with Gasteiger partial charge in [0.05, 0.1) is 42.4 Å². The van der Waals surface area contributed by atoms with E-state index in [-0.39, 0.29) is 76.2 Å². The molecule has 370 valence electrons. The molecule has 0 aromatic heterocycles. The van der Waals surface area contributed by atoms with Crippen LogP contribution in [0.2, 0.25) is 0 Å². The summed E-state index contributed by atoms with van der Waals surface area (Å²) in [5, 5.41) is 36.4. The van der Waals surface area contributed by atoms with E-state index in [1.54, 1.807) is 60.4 Å². The number of carbonyl (C=O) groups is 2. The summed E-state index contributed by atoms with van der Waals surface area (Å²) in [6.07, 6.45) is 8.09. The fraction of sp³-hybridized carbons (Fsp3) is 0.415. The first-order valence-corrected chi connectivity index (χ1v) is 23.7. The standard InChI is InChI=1S/C53H59N3O14/c1-4-24-67-53-49(55(52(60)64-5-2)30-35-14-19-47-48(25-35)66-33-65-47)29-44(54-68-32-34-12-15-38(16-13-34)56(61)62)42-27-36(10-6-8-22-57)41(11-7-9-23-58)50(51(42)53)43-28-40(18-21-46(43)70-53)69-39-17-20-45(63-3)37(26-39)31-59/h4,12-21,25-28,31,36,41,49-51,57-58H,1,5-11,22-24,29-30,32-33H2,2-3H3/t36-,41+,49-,50+,51+,53+/m0/s1. The molecule has 2 aliphatic carbocycles. The summed E-state index contributed by atoms with van der Waals surface area (Å²) < 4.78 is 43.6. The molecule has 0 saturated heterocycles. The molecule has 0 radical (unpaired) electrons. The Morgan fingerprint density at radius 1 is 0.943 bits per heavy atom. The molecule has 2 N–H and O–H groups in total. The fourth-order valence-electron chi connectivity index (χ4n) is 10.4. The highest BCUT2D eigenvalue weighted by Gasteiger charge is 2.65. The highest BCUT2D eigenvalue weighted by atomic mass is 16.7. The van der Waals surface area contributed by atoms with Crippen molar-refractivity contribution in [1.82, 2.24) is 4.90 Å². The first-order chi connectivity index (χ1) is 34.1. The highest BCUT2D eigenvalue weighted by molar-refractivity contribution is 6.03. The number of fused-ring (bicyclic) bond motifs is 3. The van der Waals surface area contributed by atoms with Crippen molar-refractivity contribution in [3.05, 3.63) is 136 Å². The smallest absolute Gasteiger partial charge is 0.410 e. The third-order valence-corrected chi connectivity index (χ3v) is 13.4. The number of methoxy groups -OCH3 is 1. The van der Waals surface area contributed by atoms with Gasteiger partial charge < -0.3 is 48.2 Å². The van der Waals surface area contributed by atoms with Crippen molar-refractivity contribution < 1.29 is 62.7 Å². The monoisotopic (exact) mass is 961 g/mol. The lowest BCUT2D eigenvalue weighted by atomic mass is 9.55. The molecule has 4 aromatic carbocycles. The van der Waals surface area contributed by atoms with Crippen LogP contribution in [0.15, 0.2) is 108 Å². The van der Waals surface area contributed by atoms with Crippen LogP contribution in [0.5, 0.6) is 34.5 Å². The first-order valence-electron chi connectivity index (χ1n) is 23.7. The normalized spacial score (nSPS) is 22.1. The molecule has 70 heavy (non-hydrogen) atoms. The number of oxime groups is 1. The number of allylic oxidation sites excluding steroid dienone is 1. The van der Waals surface area contributed by atoms with Crippen molar-refractivity contribution in [3.8, 4) is 34.5 Å². The van der Waals surface area contributed by atoms with E-state index >= 15 is 0 Å². The third-order valence-electron chi connectivity index (χ3n) is 13.4. The van der Waals surface area contributed by atoms with Gasteiger partial charge in [0.2, 0.25) is 12.6 Å². The Labute approximate surface area is 406 Å². The number of benzene rings is 4. The van der Waals surface area contributed by atoms with Gasteiger partial charge in [-0.2, -0.15) is 0 Å². The molecule has 4 aliphatic rings. The summed E-state index contributed by atoms with van der Waals surface area (Å²) in [6, 6.07) is 21.2. The Balaban J connectivity index is 1.32. The molecule has 2 heterocycles. The maximum atomic E-state index is 14.7. The summed E-state index contributed by atoms with van der Waals surface area (Å²) in [4.78, 5) is 45.5. The molecule has 8 rings (SSSR count). The van der Waals surface area contributed by atoms with Crippen molar-refractivity contribution >= 4 is 23.8 Å². The molecule has 2 aliphatic heterocycles. The van der Waals surface area contributed by atoms with E-state index in [1.165, 1.54) is 19.2 Å². The second-order valence-corrected chi connectivity index (χ2v) is 17.6. The highest BCUT2D eigenvalue weighted by Crippen LogP contribution is 2.62. The molecule has 4 aromatic rings. The van der Waals surface area contributed by atoms with Gasteiger partial charge in [0.1, 0.15) is 35.6 Å². The van der Waals surface area contributed by atoms with Crippen LogP contribution in [0, 0.1) is 27.9 Å². The summed E-state index contributed by atoms with van der Waals surface area (Å²) in [5.41, 5.74) is 3.82. The summed E-state index contributed by atoms with van der Waals surface area (Å²) in [5.74, 6) is 0.168. The number of aliphatic hydroxyl groups is 2. The van der Waals surface area contributed by atoms with Crippen LogP contribution < -0.4 is 23.7 Å². The van der Waals surface area contributed by atoms with Gasteiger partial charge in [-0.3, -0.25) is 19.8 Å². The maximum absolute atomic E-state index is 14.7. The summed E-state index contributed by atoms with van der Waals surface area (Å²) in [6.45, 7) is 6.05. The van der Waals surface area contributed by atoms with Gasteiger partial charge in [-0.25, -0.2) is 4.79 Å². The second kappa shape index (κ2) is 22.6. The van der Waals surface area contributed by atoms with Gasteiger partial charge in [-0.1, -0.05) is 36.2 Å². The Hall–Kier alpha value is -6.95. The van der Waals surface area contributed by atoms with Gasteiger partial charge in [-0.15, -0.1) is 6.58 Å². The van der Waals surface area contributed by atoms with Crippen molar-refractivity contribution in [2.45, 2.75) is 82.8 Å². The number of rotatable bonds is 23. The lowest BCUT2D eigenvalue weighted by Crippen LogP contribution is -2.70. The Kier molecular flexibility index (Phi) is 16.0. The molecule has 0 bridgehead atoms. The molecule has 6 atom stereocenters. The van der Waals surface area contributed by atoms with Crippen LogP contribution in [0.3, 0.4) is 0 Å². The number of unbranched alkanes of at least 4 members (excludes halogenated alkanes) is 2. The number of carbonyl (C=O) groups excluding carboxylic acids is 2. The number of nitrogens with zero attached hydrogens (tertiary/aromatic N) is 3. The topological polar surface area (TPSA) is 207 Å². The van der Waals surface area contributed by atoms with E-state index in [4.69, 9.17) is 43.2 Å². The predicted octanol–water partition coefficient (Wildman–Crippen LogP) is 9.43. The SMILES string of the molecule is C=CCO[C@@]12Oc3ccc(Oc4ccc(OC)c(C=O)c4)cc3[C@H]3[C@H](CCCCO)[C@@H](CCCCO)C=C(C(=NOCc4ccc([N+](=O)[O-])cc4)C[C@@H]1N(Cc1ccc4c(c1)OCO4)C(=O)OCC)[C@H]32. The van der Waals surface area contributed by atoms with Gasteiger partial charge in [0.25, 0.3) is 5.69 Å². The molecule has 1 amide bonds. The molecule has 17 heteroatoms. The lowest BCUT2D eigenvalue weighted by molar-refractivity contribution is -0.384. The van der Waals surface area contributed by atoms with Crippen molar-refractivity contribution in [2.24, 2.45) is 22.9 Å². The zero-order valence-corrected chi connectivity index (χ0v) is 39.4. The number of hydrogen-bond donors (Lipinski definition) is 2. The zero-order valence-electron chi connectivity index (χ0n) is 39.4. The third kappa shape index (κ3) is 10.5. The average Bonchev–Trinajstić information content (AvgIpc) is 3.85. The Morgan fingerprint density at radius 2 is 1.67 bits per heavy atom. The first kappa shape index (κ1) is 49.5. The summed E-state index contributed by atoms with van der Waals surface area (Å²) >= 11 is 0. The quantitative estimate of drug-likeness (QED) is 0.0234. The van der Waals surface area contributed by atoms with Crippen LogP contribution in [-0.4, -0.2) is 90.3 Å². The van der Waals surface area contributed by atoms with E-state index in [2.05, 4.69) is 12.7 Å². The average molecular weight is 962 g/mol. The number of hydrogen-bond acceptors (Lipinski definition) is 15. The van der Waals surface area contributed by atoms with Gasteiger partial charge in [0.15, 0.2) is 17.8 Å². The van der Waals surface area contributed by atoms with Crippen LogP contribution in [0.1, 0.15) is 84.8 Å². The number of aliphatic hydroxyl groups excluding tert-OH is 2. The molecule has 17 nitrogen and oxygen atoms in total. The van der Waals surface area contributed by atoms with Crippen molar-refractivity contribution in [1.29, 1.82) is 0 Å². The van der Waals surface area contributed by atoms with Gasteiger partial charge in [0, 0.05) is 49.8 Å². The molecule has 0 unspecified atom stereocenters. The number of non-ortho nitro benzene ring substituents is 1. The molecule has 1 saturated carbocycles. The number of nitro benzene ring substituents is 1. The van der Waals surface area contributed by atoms with E-state index in [1.807, 2.05) is 24.3 Å². The van der Waals surface area contributed by atoms with Crippen molar-refractivity contribution in [2.75, 3.05) is 40.3 Å². The summed E-state index contributed by atoms with van der Waals surface area (Å²) in [7, 11) is 1.49. The van der Waals surface area contributed by atoms with Gasteiger partial charge in [-0.05, 0) is 122 Å². The van der Waals surface area contributed by atoms with Crippen LogP contribution >= 0.6 is 0 Å². The number of amides is 1. The maximum Gasteiger partial charge on any atom is 0.410 e. The van der Waals surface area contributed by atoms with E-state index in [0.29, 0.717) is 83.3 Å². The zero-order chi connectivity index (χ0) is 49.2. The Bertz CT molecular complexity index is 2580.